The topological polar surface area (TPSA) is 55.8 Å². The monoisotopic (exact) mass is 443 g/mol. The van der Waals surface area contributed by atoms with E-state index in [1.54, 1.807) is 13.2 Å². The highest BCUT2D eigenvalue weighted by atomic mass is 79.9. The molecule has 2 aromatic rings. The molecule has 2 heterocycles. The molecule has 1 amide bonds. The van der Waals surface area contributed by atoms with Gasteiger partial charge in [0.05, 0.1) is 23.7 Å². The van der Waals surface area contributed by atoms with Crippen LogP contribution in [-0.2, 0) is 21.6 Å². The second-order valence-corrected chi connectivity index (χ2v) is 8.17. The predicted molar refractivity (Wildman–Crippen MR) is 108 cm³/mol. The summed E-state index contributed by atoms with van der Waals surface area (Å²) in [6.45, 7) is 1.13. The lowest BCUT2D eigenvalue weighted by Crippen LogP contribution is -2.48. The van der Waals surface area contributed by atoms with Crippen LogP contribution in [0.4, 0.5) is 0 Å². The Bertz CT molecular complexity index is 929. The predicted octanol–water partition coefficient (Wildman–Crippen LogP) is 4.08. The van der Waals surface area contributed by atoms with Crippen LogP contribution in [0.15, 0.2) is 46.9 Å². The zero-order valence-corrected chi connectivity index (χ0v) is 17.3. The van der Waals surface area contributed by atoms with Crippen LogP contribution in [0.3, 0.4) is 0 Å². The van der Waals surface area contributed by atoms with Crippen LogP contribution in [0, 0.1) is 0 Å². The number of ether oxygens (including phenoxy) is 2. The lowest BCUT2D eigenvalue weighted by atomic mass is 9.85. The van der Waals surface area contributed by atoms with Crippen molar-refractivity contribution in [2.24, 2.45) is 0 Å². The first kappa shape index (κ1) is 19.0. The first-order chi connectivity index (χ1) is 13.5. The third kappa shape index (κ3) is 3.41. The molecule has 1 fully saturated rings. The molecule has 0 radical (unpaired) electrons. The zero-order valence-electron chi connectivity index (χ0n) is 15.7. The first-order valence-electron chi connectivity index (χ1n) is 9.45. The van der Waals surface area contributed by atoms with E-state index in [1.807, 2.05) is 41.3 Å². The fourth-order valence-electron chi connectivity index (χ4n) is 4.16. The van der Waals surface area contributed by atoms with E-state index in [1.165, 1.54) is 0 Å². The van der Waals surface area contributed by atoms with Crippen LogP contribution in [0.1, 0.15) is 40.7 Å². The fourth-order valence-corrected chi connectivity index (χ4v) is 4.75. The maximum Gasteiger partial charge on any atom is 0.339 e. The van der Waals surface area contributed by atoms with Crippen molar-refractivity contribution in [2.45, 2.75) is 31.3 Å². The third-order valence-electron chi connectivity index (χ3n) is 5.58. The standard InChI is InChI=1S/C22H22BrNO4/c1-27-19-9-7-15(13-18(19)23)8-10-20(25)24-12-4-11-22(14-24)17-6-3-2-5-16(17)21(26)28-22/h2-3,5-7,9,13H,4,8,10-12,14H2,1H3. The Hall–Kier alpha value is -2.34. The van der Waals surface area contributed by atoms with Crippen molar-refractivity contribution >= 4 is 27.8 Å². The summed E-state index contributed by atoms with van der Waals surface area (Å²) in [6, 6.07) is 13.4. The van der Waals surface area contributed by atoms with Gasteiger partial charge in [-0.3, -0.25) is 4.79 Å². The number of carbonyl (C=O) groups excluding carboxylic acids is 2. The zero-order chi connectivity index (χ0) is 19.7. The van der Waals surface area contributed by atoms with Crippen LogP contribution in [0.2, 0.25) is 0 Å². The van der Waals surface area contributed by atoms with Gasteiger partial charge < -0.3 is 14.4 Å². The number of methoxy groups -OCH3 is 1. The number of carbonyl (C=O) groups is 2. The number of fused-ring (bicyclic) bond motifs is 2. The molecule has 4 rings (SSSR count). The van der Waals surface area contributed by atoms with Crippen LogP contribution < -0.4 is 4.74 Å². The minimum atomic E-state index is -0.690. The largest absolute Gasteiger partial charge is 0.496 e. The minimum Gasteiger partial charge on any atom is -0.496 e. The van der Waals surface area contributed by atoms with Gasteiger partial charge in [0, 0.05) is 18.5 Å². The highest BCUT2D eigenvalue weighted by Gasteiger charge is 2.48. The van der Waals surface area contributed by atoms with Gasteiger partial charge in [-0.25, -0.2) is 4.79 Å². The summed E-state index contributed by atoms with van der Waals surface area (Å²) < 4.78 is 11.9. The second-order valence-electron chi connectivity index (χ2n) is 7.32. The lowest BCUT2D eigenvalue weighted by Gasteiger charge is -2.39. The molecule has 0 saturated carbocycles. The molecule has 2 aliphatic heterocycles. The smallest absolute Gasteiger partial charge is 0.339 e. The number of likely N-dealkylation sites (tertiary alicyclic amines) is 1. The van der Waals surface area contributed by atoms with E-state index in [-0.39, 0.29) is 11.9 Å². The molecule has 1 atom stereocenters. The quantitative estimate of drug-likeness (QED) is 0.667. The molecule has 0 N–H and O–H groups in total. The first-order valence-corrected chi connectivity index (χ1v) is 10.2. The van der Waals surface area contributed by atoms with Crippen molar-refractivity contribution in [1.82, 2.24) is 4.90 Å². The molecule has 2 aliphatic rings. The number of nitrogens with zero attached hydrogens (tertiary/aromatic N) is 1. The number of amides is 1. The van der Waals surface area contributed by atoms with Crippen molar-refractivity contribution in [3.63, 3.8) is 0 Å². The maximum absolute atomic E-state index is 12.9. The molecule has 2 aromatic carbocycles. The van der Waals surface area contributed by atoms with E-state index in [2.05, 4.69) is 15.9 Å². The Kier molecular flexibility index (Phi) is 5.15. The summed E-state index contributed by atoms with van der Waals surface area (Å²) in [6.07, 6.45) is 2.65. The molecule has 1 spiro atoms. The number of esters is 1. The van der Waals surface area contributed by atoms with E-state index in [9.17, 15) is 9.59 Å². The maximum atomic E-state index is 12.9. The minimum absolute atomic E-state index is 0.0893. The number of hydrogen-bond donors (Lipinski definition) is 0. The number of hydrogen-bond acceptors (Lipinski definition) is 4. The van der Waals surface area contributed by atoms with Gasteiger partial charge in [0.1, 0.15) is 5.75 Å². The number of piperidine rings is 1. The van der Waals surface area contributed by atoms with Gasteiger partial charge >= 0.3 is 5.97 Å². The molecule has 0 aliphatic carbocycles. The molecule has 5 nitrogen and oxygen atoms in total. The van der Waals surface area contributed by atoms with Crippen molar-refractivity contribution in [3.8, 4) is 5.75 Å². The molecule has 28 heavy (non-hydrogen) atoms. The summed E-state index contributed by atoms with van der Waals surface area (Å²) in [5.41, 5.74) is 1.92. The summed E-state index contributed by atoms with van der Waals surface area (Å²) in [4.78, 5) is 27.0. The van der Waals surface area contributed by atoms with Crippen molar-refractivity contribution in [2.75, 3.05) is 20.2 Å². The van der Waals surface area contributed by atoms with E-state index >= 15 is 0 Å². The molecule has 6 heteroatoms. The fraction of sp³-hybridized carbons (Fsp3) is 0.364. The number of halogens is 1. The van der Waals surface area contributed by atoms with Gasteiger partial charge in [-0.1, -0.05) is 24.3 Å². The Morgan fingerprint density at radius 3 is 2.89 bits per heavy atom. The van der Waals surface area contributed by atoms with Crippen LogP contribution in [0.25, 0.3) is 0 Å². The number of rotatable bonds is 4. The van der Waals surface area contributed by atoms with Gasteiger partial charge in [-0.15, -0.1) is 0 Å². The van der Waals surface area contributed by atoms with Crippen molar-refractivity contribution < 1.29 is 19.1 Å². The van der Waals surface area contributed by atoms with E-state index in [0.717, 1.165) is 34.2 Å². The van der Waals surface area contributed by atoms with Gasteiger partial charge in [-0.05, 0) is 59.0 Å². The van der Waals surface area contributed by atoms with Gasteiger partial charge in [-0.2, -0.15) is 0 Å². The summed E-state index contributed by atoms with van der Waals surface area (Å²) in [7, 11) is 1.63. The van der Waals surface area contributed by atoms with Gasteiger partial charge in [0.2, 0.25) is 5.91 Å². The SMILES string of the molecule is COc1ccc(CCC(=O)N2CCCC3(C2)OC(=O)c2ccccc23)cc1Br. The van der Waals surface area contributed by atoms with Gasteiger partial charge in [0.15, 0.2) is 5.60 Å². The van der Waals surface area contributed by atoms with E-state index < -0.39 is 5.60 Å². The molecule has 0 bridgehead atoms. The molecular formula is C22H22BrNO4. The summed E-state index contributed by atoms with van der Waals surface area (Å²) in [5, 5.41) is 0. The van der Waals surface area contributed by atoms with Gasteiger partial charge in [0.25, 0.3) is 0 Å². The lowest BCUT2D eigenvalue weighted by molar-refractivity contribution is -0.138. The Balaban J connectivity index is 1.45. The Morgan fingerprint density at radius 2 is 2.11 bits per heavy atom. The number of aryl methyl sites for hydroxylation is 1. The summed E-state index contributed by atoms with van der Waals surface area (Å²) >= 11 is 3.48. The van der Waals surface area contributed by atoms with Crippen molar-refractivity contribution in [3.05, 3.63) is 63.6 Å². The van der Waals surface area contributed by atoms with Crippen molar-refractivity contribution in [1.29, 1.82) is 0 Å². The number of benzene rings is 2. The molecular weight excluding hydrogens is 422 g/mol. The van der Waals surface area contributed by atoms with E-state index in [4.69, 9.17) is 9.47 Å². The molecule has 146 valence electrons. The van der Waals surface area contributed by atoms with Crippen LogP contribution in [-0.4, -0.2) is 37.0 Å². The van der Waals surface area contributed by atoms with Crippen LogP contribution >= 0.6 is 15.9 Å². The highest BCUT2D eigenvalue weighted by molar-refractivity contribution is 9.10. The molecule has 1 unspecified atom stereocenters. The second kappa shape index (κ2) is 7.59. The summed E-state index contributed by atoms with van der Waals surface area (Å²) in [5.74, 6) is 0.578. The Labute approximate surface area is 172 Å². The van der Waals surface area contributed by atoms with Crippen LogP contribution in [0.5, 0.6) is 5.75 Å². The molecule has 1 saturated heterocycles. The Morgan fingerprint density at radius 1 is 1.29 bits per heavy atom. The van der Waals surface area contributed by atoms with E-state index in [0.29, 0.717) is 31.5 Å². The average Bonchev–Trinajstić information content (AvgIpc) is 2.98. The highest BCUT2D eigenvalue weighted by Crippen LogP contribution is 2.42. The normalized spacial score (nSPS) is 20.8. The third-order valence-corrected chi connectivity index (χ3v) is 6.20. The average molecular weight is 444 g/mol. The molecule has 0 aromatic heterocycles.